The first kappa shape index (κ1) is 16.6. The quantitative estimate of drug-likeness (QED) is 0.750. The number of ether oxygens (including phenoxy) is 1. The number of amides is 2. The number of carbonyl (C=O) groups is 2. The molecule has 1 heterocycles. The third kappa shape index (κ3) is 3.69. The highest BCUT2D eigenvalue weighted by atomic mass is 35.7. The summed E-state index contributed by atoms with van der Waals surface area (Å²) in [6.45, 7) is 1.58. The number of benzene rings is 1. The van der Waals surface area contributed by atoms with Gasteiger partial charge in [0.15, 0.2) is 0 Å². The monoisotopic (exact) mass is 346 g/mol. The summed E-state index contributed by atoms with van der Waals surface area (Å²) in [6.07, 6.45) is -0.413. The molecule has 120 valence electrons. The summed E-state index contributed by atoms with van der Waals surface area (Å²) < 4.78 is 27.0. The molecule has 1 aliphatic heterocycles. The molecule has 1 saturated heterocycles. The maximum atomic E-state index is 12.3. The van der Waals surface area contributed by atoms with Gasteiger partial charge in [-0.05, 0) is 24.3 Å². The van der Waals surface area contributed by atoms with Crippen LogP contribution in [0.2, 0.25) is 0 Å². The van der Waals surface area contributed by atoms with Gasteiger partial charge >= 0.3 is 6.09 Å². The normalized spacial score (nSPS) is 15.5. The maximum absolute atomic E-state index is 12.3. The van der Waals surface area contributed by atoms with Gasteiger partial charge in [-0.3, -0.25) is 4.79 Å². The van der Waals surface area contributed by atoms with Crippen LogP contribution in [0.15, 0.2) is 29.2 Å². The van der Waals surface area contributed by atoms with Gasteiger partial charge in [0.05, 0.1) is 12.0 Å². The molecule has 2 rings (SSSR count). The molecule has 0 saturated carbocycles. The lowest BCUT2D eigenvalue weighted by atomic mass is 10.2. The van der Waals surface area contributed by atoms with Crippen molar-refractivity contribution in [3.8, 4) is 0 Å². The van der Waals surface area contributed by atoms with Crippen LogP contribution < -0.4 is 0 Å². The molecule has 1 aromatic rings. The van der Waals surface area contributed by atoms with E-state index in [0.29, 0.717) is 31.7 Å². The molecular weight excluding hydrogens is 332 g/mol. The summed E-state index contributed by atoms with van der Waals surface area (Å²) in [5, 5.41) is 0. The van der Waals surface area contributed by atoms with E-state index in [1.165, 1.54) is 36.3 Å². The van der Waals surface area contributed by atoms with Gasteiger partial charge in [0, 0.05) is 42.4 Å². The molecule has 0 aromatic heterocycles. The van der Waals surface area contributed by atoms with E-state index >= 15 is 0 Å². The zero-order valence-corrected chi connectivity index (χ0v) is 13.4. The number of methoxy groups -OCH3 is 1. The van der Waals surface area contributed by atoms with Gasteiger partial charge in [-0.25, -0.2) is 13.2 Å². The molecule has 9 heteroatoms. The van der Waals surface area contributed by atoms with Crippen molar-refractivity contribution in [1.29, 1.82) is 0 Å². The van der Waals surface area contributed by atoms with Crippen LogP contribution in [-0.4, -0.2) is 63.5 Å². The predicted molar refractivity (Wildman–Crippen MR) is 79.4 cm³/mol. The zero-order valence-electron chi connectivity index (χ0n) is 11.9. The largest absolute Gasteiger partial charge is 0.453 e. The average molecular weight is 347 g/mol. The van der Waals surface area contributed by atoms with E-state index < -0.39 is 15.1 Å². The van der Waals surface area contributed by atoms with E-state index in [0.717, 1.165) is 0 Å². The Bertz CT molecular complexity index is 666. The van der Waals surface area contributed by atoms with Crippen LogP contribution in [0.3, 0.4) is 0 Å². The zero-order chi connectivity index (χ0) is 16.3. The number of nitrogens with zero attached hydrogens (tertiary/aromatic N) is 2. The smallest absolute Gasteiger partial charge is 0.409 e. The van der Waals surface area contributed by atoms with Gasteiger partial charge in [0.1, 0.15) is 0 Å². The fourth-order valence-electron chi connectivity index (χ4n) is 2.16. The molecule has 1 aliphatic rings. The first-order valence-corrected chi connectivity index (χ1v) is 8.81. The lowest BCUT2D eigenvalue weighted by Crippen LogP contribution is -2.50. The molecule has 2 amide bonds. The number of hydrogen-bond acceptors (Lipinski definition) is 5. The SMILES string of the molecule is COC(=O)N1CCN(C(=O)c2ccc(S(=O)(=O)Cl)cc2)CC1. The van der Waals surface area contributed by atoms with Crippen LogP contribution in [0.1, 0.15) is 10.4 Å². The summed E-state index contributed by atoms with van der Waals surface area (Å²) >= 11 is 0. The third-order valence-electron chi connectivity index (χ3n) is 3.38. The fraction of sp³-hybridized carbons (Fsp3) is 0.385. The highest BCUT2D eigenvalue weighted by molar-refractivity contribution is 8.13. The first-order valence-electron chi connectivity index (χ1n) is 6.50. The van der Waals surface area contributed by atoms with Crippen molar-refractivity contribution in [2.75, 3.05) is 33.3 Å². The summed E-state index contributed by atoms with van der Waals surface area (Å²) in [5.41, 5.74) is 0.371. The average Bonchev–Trinajstić information content (AvgIpc) is 2.53. The summed E-state index contributed by atoms with van der Waals surface area (Å²) in [5.74, 6) is -0.219. The molecule has 7 nitrogen and oxygen atoms in total. The van der Waals surface area contributed by atoms with Crippen LogP contribution >= 0.6 is 10.7 Å². The van der Waals surface area contributed by atoms with Crippen LogP contribution in [0.25, 0.3) is 0 Å². The Morgan fingerprint density at radius 1 is 1.05 bits per heavy atom. The molecule has 0 bridgehead atoms. The van der Waals surface area contributed by atoms with Gasteiger partial charge in [-0.2, -0.15) is 0 Å². The maximum Gasteiger partial charge on any atom is 0.409 e. The van der Waals surface area contributed by atoms with Crippen molar-refractivity contribution in [1.82, 2.24) is 9.80 Å². The Kier molecular flexibility index (Phi) is 4.92. The van der Waals surface area contributed by atoms with Crippen molar-refractivity contribution in [3.63, 3.8) is 0 Å². The molecule has 0 atom stereocenters. The Balaban J connectivity index is 2.03. The van der Waals surface area contributed by atoms with E-state index in [4.69, 9.17) is 10.7 Å². The Morgan fingerprint density at radius 2 is 1.55 bits per heavy atom. The second kappa shape index (κ2) is 6.53. The molecule has 0 unspecified atom stereocenters. The van der Waals surface area contributed by atoms with Gasteiger partial charge in [-0.15, -0.1) is 0 Å². The molecule has 0 N–H and O–H groups in total. The second-order valence-electron chi connectivity index (χ2n) is 4.71. The van der Waals surface area contributed by atoms with E-state index in [-0.39, 0.29) is 10.8 Å². The molecular formula is C13H15ClN2O5S. The molecule has 0 radical (unpaired) electrons. The van der Waals surface area contributed by atoms with Crippen molar-refractivity contribution in [3.05, 3.63) is 29.8 Å². The van der Waals surface area contributed by atoms with Crippen molar-refractivity contribution in [2.45, 2.75) is 4.90 Å². The number of hydrogen-bond donors (Lipinski definition) is 0. The van der Waals surface area contributed by atoms with Crippen molar-refractivity contribution < 1.29 is 22.7 Å². The van der Waals surface area contributed by atoms with E-state index in [1.54, 1.807) is 4.90 Å². The molecule has 1 aromatic carbocycles. The van der Waals surface area contributed by atoms with E-state index in [1.807, 2.05) is 0 Å². The second-order valence-corrected chi connectivity index (χ2v) is 7.28. The molecule has 0 spiro atoms. The van der Waals surface area contributed by atoms with Crippen molar-refractivity contribution >= 4 is 31.7 Å². The minimum Gasteiger partial charge on any atom is -0.453 e. The lowest BCUT2D eigenvalue weighted by molar-refractivity contribution is 0.0599. The van der Waals surface area contributed by atoms with Gasteiger partial charge in [0.25, 0.3) is 15.0 Å². The predicted octanol–water partition coefficient (Wildman–Crippen LogP) is 1.14. The third-order valence-corrected chi connectivity index (χ3v) is 4.75. The Hall–Kier alpha value is -1.80. The topological polar surface area (TPSA) is 84.0 Å². The minimum atomic E-state index is -3.80. The molecule has 0 aliphatic carbocycles. The lowest BCUT2D eigenvalue weighted by Gasteiger charge is -2.33. The number of halogens is 1. The number of rotatable bonds is 2. The summed E-state index contributed by atoms with van der Waals surface area (Å²) in [6, 6.07) is 5.43. The Morgan fingerprint density at radius 3 is 2.00 bits per heavy atom. The first-order chi connectivity index (χ1) is 10.3. The van der Waals surface area contributed by atoms with Gasteiger partial charge in [0.2, 0.25) is 0 Å². The van der Waals surface area contributed by atoms with Crippen LogP contribution in [0.5, 0.6) is 0 Å². The van der Waals surface area contributed by atoms with E-state index in [9.17, 15) is 18.0 Å². The molecule has 22 heavy (non-hydrogen) atoms. The Labute approximate surface area is 132 Å². The van der Waals surface area contributed by atoms with Crippen LogP contribution in [0, 0.1) is 0 Å². The summed E-state index contributed by atoms with van der Waals surface area (Å²) in [4.78, 5) is 26.8. The fourth-order valence-corrected chi connectivity index (χ4v) is 2.93. The van der Waals surface area contributed by atoms with Gasteiger partial charge in [-0.1, -0.05) is 0 Å². The number of carbonyl (C=O) groups excluding carboxylic acids is 2. The van der Waals surface area contributed by atoms with Crippen LogP contribution in [0.4, 0.5) is 4.79 Å². The number of piperazine rings is 1. The highest BCUT2D eigenvalue weighted by Crippen LogP contribution is 2.17. The van der Waals surface area contributed by atoms with Gasteiger partial charge < -0.3 is 14.5 Å². The van der Waals surface area contributed by atoms with E-state index in [2.05, 4.69) is 4.74 Å². The standard InChI is InChI=1S/C13H15ClN2O5S/c1-21-13(18)16-8-6-15(7-9-16)12(17)10-2-4-11(5-3-10)22(14,19)20/h2-5H,6-9H2,1H3. The highest BCUT2D eigenvalue weighted by Gasteiger charge is 2.25. The van der Waals surface area contributed by atoms with Crippen molar-refractivity contribution in [2.24, 2.45) is 0 Å². The van der Waals surface area contributed by atoms with Crippen LogP contribution in [-0.2, 0) is 13.8 Å². The summed E-state index contributed by atoms with van der Waals surface area (Å²) in [7, 11) is 2.74. The minimum absolute atomic E-state index is 0.0544. The molecule has 1 fully saturated rings.